The van der Waals surface area contributed by atoms with Gasteiger partial charge in [-0.2, -0.15) is 0 Å². The molecule has 1 heterocycles. The SMILES string of the molecule is O=C1[C]CCOS1. The Hall–Kier alpha value is -0.0200. The molecule has 1 aliphatic heterocycles. The van der Waals surface area contributed by atoms with Gasteiger partial charge in [-0.1, -0.05) is 0 Å². The van der Waals surface area contributed by atoms with Gasteiger partial charge < -0.3 is 4.18 Å². The van der Waals surface area contributed by atoms with E-state index in [1.165, 1.54) is 0 Å². The van der Waals surface area contributed by atoms with Crippen LogP contribution in [0.25, 0.3) is 0 Å². The minimum Gasteiger partial charge on any atom is -0.308 e. The monoisotopic (exact) mass is 116 g/mol. The van der Waals surface area contributed by atoms with Crippen molar-refractivity contribution < 1.29 is 8.98 Å². The molecule has 0 unspecified atom stereocenters. The fourth-order valence-corrected chi connectivity index (χ4v) is 0.754. The van der Waals surface area contributed by atoms with E-state index in [-0.39, 0.29) is 5.12 Å². The van der Waals surface area contributed by atoms with Crippen LogP contribution in [0.4, 0.5) is 0 Å². The predicted octanol–water partition coefficient (Wildman–Crippen LogP) is 0.663. The van der Waals surface area contributed by atoms with E-state index in [1.54, 1.807) is 0 Å². The van der Waals surface area contributed by atoms with Crippen LogP contribution >= 0.6 is 12.0 Å². The molecule has 3 heteroatoms. The Morgan fingerprint density at radius 2 is 2.71 bits per heavy atom. The van der Waals surface area contributed by atoms with Gasteiger partial charge in [0.15, 0.2) is 0 Å². The molecule has 0 aromatic carbocycles. The lowest BCUT2D eigenvalue weighted by molar-refractivity contribution is -0.109. The Balaban J connectivity index is 2.25. The van der Waals surface area contributed by atoms with E-state index in [2.05, 4.69) is 10.6 Å². The van der Waals surface area contributed by atoms with Gasteiger partial charge in [-0.3, -0.25) is 4.79 Å². The highest BCUT2D eigenvalue weighted by atomic mass is 32.2. The van der Waals surface area contributed by atoms with Crippen molar-refractivity contribution in [1.82, 2.24) is 0 Å². The van der Waals surface area contributed by atoms with Crippen LogP contribution in [-0.2, 0) is 8.98 Å². The van der Waals surface area contributed by atoms with Gasteiger partial charge in [-0.25, -0.2) is 0 Å². The van der Waals surface area contributed by atoms with Crippen LogP contribution in [0.15, 0.2) is 0 Å². The zero-order chi connectivity index (χ0) is 5.11. The highest BCUT2D eigenvalue weighted by Crippen LogP contribution is 2.14. The molecule has 0 atom stereocenters. The summed E-state index contributed by atoms with van der Waals surface area (Å²) < 4.78 is 4.69. The van der Waals surface area contributed by atoms with E-state index >= 15 is 0 Å². The van der Waals surface area contributed by atoms with E-state index in [1.807, 2.05) is 0 Å². The summed E-state index contributed by atoms with van der Waals surface area (Å²) in [7, 11) is 0. The van der Waals surface area contributed by atoms with Crippen molar-refractivity contribution in [2.24, 2.45) is 0 Å². The average molecular weight is 116 g/mol. The molecule has 2 nitrogen and oxygen atoms in total. The van der Waals surface area contributed by atoms with Gasteiger partial charge in [0.25, 0.3) is 0 Å². The van der Waals surface area contributed by atoms with E-state index in [4.69, 9.17) is 0 Å². The van der Waals surface area contributed by atoms with E-state index in [0.29, 0.717) is 13.0 Å². The fraction of sp³-hybridized carbons (Fsp3) is 0.500. The highest BCUT2D eigenvalue weighted by molar-refractivity contribution is 8.09. The number of rotatable bonds is 0. The third kappa shape index (κ3) is 1.49. The lowest BCUT2D eigenvalue weighted by atomic mass is 10.3. The molecule has 0 spiro atoms. The normalized spacial score (nSPS) is 22.6. The first-order chi connectivity index (χ1) is 3.39. The van der Waals surface area contributed by atoms with Crippen LogP contribution < -0.4 is 0 Å². The standard InChI is InChI=1S/C4H4O2S/c5-4-2-1-3-6-7-4/h1,3H2. The molecule has 2 radical (unpaired) electrons. The Bertz CT molecular complexity index is 73.8. The maximum atomic E-state index is 10.2. The molecule has 7 heavy (non-hydrogen) atoms. The van der Waals surface area contributed by atoms with Gasteiger partial charge >= 0.3 is 0 Å². The molecule has 0 aromatic rings. The summed E-state index contributed by atoms with van der Waals surface area (Å²) >= 11 is 0.868. The molecule has 0 amide bonds. The zero-order valence-corrected chi connectivity index (χ0v) is 4.46. The van der Waals surface area contributed by atoms with Crippen molar-refractivity contribution in [2.45, 2.75) is 6.42 Å². The van der Waals surface area contributed by atoms with Crippen LogP contribution in [0, 0.1) is 6.42 Å². The average Bonchev–Trinajstić information content (AvgIpc) is 1.69. The van der Waals surface area contributed by atoms with Gasteiger partial charge in [0, 0.05) is 0 Å². The molecular weight excluding hydrogens is 112 g/mol. The molecule has 1 aliphatic rings. The lowest BCUT2D eigenvalue weighted by Gasteiger charge is -2.04. The highest BCUT2D eigenvalue weighted by Gasteiger charge is 2.09. The fourth-order valence-electron chi connectivity index (χ4n) is 0.319. The van der Waals surface area contributed by atoms with Crippen molar-refractivity contribution >= 4 is 17.2 Å². The summed E-state index contributed by atoms with van der Waals surface area (Å²) in [6.45, 7) is 0.621. The smallest absolute Gasteiger partial charge is 0.223 e. The second kappa shape index (κ2) is 2.33. The molecule has 0 saturated carbocycles. The lowest BCUT2D eigenvalue weighted by Crippen LogP contribution is -2.03. The number of carbonyl (C=O) groups excluding carboxylic acids is 1. The van der Waals surface area contributed by atoms with Gasteiger partial charge in [0.2, 0.25) is 5.12 Å². The first-order valence-electron chi connectivity index (χ1n) is 1.97. The second-order valence-corrected chi connectivity index (χ2v) is 1.89. The first-order valence-corrected chi connectivity index (χ1v) is 2.71. The third-order valence-electron chi connectivity index (χ3n) is 0.589. The summed E-state index contributed by atoms with van der Waals surface area (Å²) in [4.78, 5) is 10.2. The number of carbonyl (C=O) groups is 1. The molecule has 0 N–H and O–H groups in total. The van der Waals surface area contributed by atoms with E-state index in [9.17, 15) is 4.79 Å². The maximum absolute atomic E-state index is 10.2. The van der Waals surface area contributed by atoms with Gasteiger partial charge in [0.1, 0.15) is 0 Å². The molecule has 0 aromatic heterocycles. The Labute approximate surface area is 46.4 Å². The Morgan fingerprint density at radius 3 is 3.00 bits per heavy atom. The quantitative estimate of drug-likeness (QED) is 0.435. The Morgan fingerprint density at radius 1 is 1.86 bits per heavy atom. The summed E-state index contributed by atoms with van der Waals surface area (Å²) in [6, 6.07) is 0. The van der Waals surface area contributed by atoms with Crippen LogP contribution in [0.3, 0.4) is 0 Å². The van der Waals surface area contributed by atoms with Crippen LogP contribution in [0.2, 0.25) is 0 Å². The summed E-state index contributed by atoms with van der Waals surface area (Å²) in [5.41, 5.74) is 0. The minimum absolute atomic E-state index is 0.0914. The van der Waals surface area contributed by atoms with Gasteiger partial charge in [-0.05, 0) is 6.42 Å². The van der Waals surface area contributed by atoms with Gasteiger partial charge in [-0.15, -0.1) is 0 Å². The van der Waals surface area contributed by atoms with E-state index in [0.717, 1.165) is 12.0 Å². The second-order valence-electron chi connectivity index (χ2n) is 1.12. The zero-order valence-electron chi connectivity index (χ0n) is 3.64. The van der Waals surface area contributed by atoms with Crippen LogP contribution in [0.5, 0.6) is 0 Å². The number of hydrogen-bond acceptors (Lipinski definition) is 3. The molecular formula is C4H4O2S. The summed E-state index contributed by atoms with van der Waals surface area (Å²) in [5, 5.41) is -0.0914. The van der Waals surface area contributed by atoms with Crippen LogP contribution in [-0.4, -0.2) is 11.7 Å². The molecule has 1 rings (SSSR count). The molecule has 1 fully saturated rings. The topological polar surface area (TPSA) is 26.3 Å². The largest absolute Gasteiger partial charge is 0.308 e. The van der Waals surface area contributed by atoms with Crippen molar-refractivity contribution in [3.05, 3.63) is 6.42 Å². The predicted molar refractivity (Wildman–Crippen MR) is 26.4 cm³/mol. The first kappa shape index (κ1) is 5.12. The third-order valence-corrected chi connectivity index (χ3v) is 1.17. The van der Waals surface area contributed by atoms with Gasteiger partial charge in [0.05, 0.1) is 25.1 Å². The summed E-state index contributed by atoms with van der Waals surface area (Å²) in [6.07, 6.45) is 3.23. The van der Waals surface area contributed by atoms with Crippen molar-refractivity contribution in [3.63, 3.8) is 0 Å². The van der Waals surface area contributed by atoms with Crippen molar-refractivity contribution in [2.75, 3.05) is 6.61 Å². The van der Waals surface area contributed by atoms with Crippen molar-refractivity contribution in [1.29, 1.82) is 0 Å². The molecule has 0 bridgehead atoms. The number of hydrogen-bond donors (Lipinski definition) is 0. The molecule has 1 saturated heterocycles. The van der Waals surface area contributed by atoms with E-state index < -0.39 is 0 Å². The van der Waals surface area contributed by atoms with Crippen LogP contribution in [0.1, 0.15) is 6.42 Å². The summed E-state index contributed by atoms with van der Waals surface area (Å²) in [5.74, 6) is 0. The maximum Gasteiger partial charge on any atom is 0.223 e. The minimum atomic E-state index is -0.0914. The molecule has 0 aliphatic carbocycles. The van der Waals surface area contributed by atoms with Crippen molar-refractivity contribution in [3.8, 4) is 0 Å². The molecule has 38 valence electrons. The Kier molecular flexibility index (Phi) is 1.70.